The van der Waals surface area contributed by atoms with Crippen molar-refractivity contribution in [1.82, 2.24) is 0 Å². The highest BCUT2D eigenvalue weighted by molar-refractivity contribution is 5.75. The van der Waals surface area contributed by atoms with Gasteiger partial charge in [0.1, 0.15) is 11.5 Å². The standard InChI is InChI=1S/C19H25F3O3/c1-2-3-4-13-24-16-9-11-17(12-10-16)25-18(23)14-5-7-15(8-6-14)19(20,21)22/h9-12,14-15H,2-8,13H2,1H3. The van der Waals surface area contributed by atoms with E-state index in [2.05, 4.69) is 6.92 Å². The number of esters is 1. The van der Waals surface area contributed by atoms with Crippen LogP contribution in [0.1, 0.15) is 51.9 Å². The lowest BCUT2D eigenvalue weighted by molar-refractivity contribution is -0.185. The van der Waals surface area contributed by atoms with Crippen molar-refractivity contribution < 1.29 is 27.4 Å². The quantitative estimate of drug-likeness (QED) is 0.365. The van der Waals surface area contributed by atoms with Gasteiger partial charge in [-0.2, -0.15) is 13.2 Å². The normalized spacial score (nSPS) is 21.0. The van der Waals surface area contributed by atoms with Crippen molar-refractivity contribution in [2.45, 2.75) is 58.0 Å². The largest absolute Gasteiger partial charge is 0.494 e. The van der Waals surface area contributed by atoms with E-state index in [0.717, 1.165) is 19.3 Å². The molecule has 0 aromatic heterocycles. The monoisotopic (exact) mass is 358 g/mol. The zero-order valence-corrected chi connectivity index (χ0v) is 14.5. The van der Waals surface area contributed by atoms with Crippen molar-refractivity contribution in [3.8, 4) is 11.5 Å². The fraction of sp³-hybridized carbons (Fsp3) is 0.632. The summed E-state index contributed by atoms with van der Waals surface area (Å²) in [5, 5.41) is 0. The second-order valence-corrected chi connectivity index (χ2v) is 6.54. The first kappa shape index (κ1) is 19.6. The molecule has 6 heteroatoms. The Morgan fingerprint density at radius 1 is 1.04 bits per heavy atom. The molecule has 2 rings (SSSR count). The molecule has 0 radical (unpaired) electrons. The van der Waals surface area contributed by atoms with E-state index in [1.807, 2.05) is 0 Å². The molecular formula is C19H25F3O3. The maximum atomic E-state index is 12.7. The minimum atomic E-state index is -4.16. The molecule has 0 amide bonds. The van der Waals surface area contributed by atoms with Crippen molar-refractivity contribution in [2.75, 3.05) is 6.61 Å². The zero-order valence-electron chi connectivity index (χ0n) is 14.5. The summed E-state index contributed by atoms with van der Waals surface area (Å²) in [6, 6.07) is 6.76. The van der Waals surface area contributed by atoms with Crippen molar-refractivity contribution in [1.29, 1.82) is 0 Å². The number of benzene rings is 1. The van der Waals surface area contributed by atoms with Crippen LogP contribution in [0.4, 0.5) is 13.2 Å². The molecule has 1 aliphatic rings. The number of halogens is 3. The topological polar surface area (TPSA) is 35.5 Å². The van der Waals surface area contributed by atoms with Gasteiger partial charge in [-0.3, -0.25) is 4.79 Å². The molecule has 1 aromatic rings. The molecule has 140 valence electrons. The van der Waals surface area contributed by atoms with Crippen molar-refractivity contribution in [2.24, 2.45) is 11.8 Å². The minimum Gasteiger partial charge on any atom is -0.494 e. The Bertz CT molecular complexity index is 532. The Morgan fingerprint density at radius 3 is 2.20 bits per heavy atom. The van der Waals surface area contributed by atoms with E-state index in [9.17, 15) is 18.0 Å². The van der Waals surface area contributed by atoms with Crippen LogP contribution in [-0.2, 0) is 4.79 Å². The molecule has 25 heavy (non-hydrogen) atoms. The lowest BCUT2D eigenvalue weighted by atomic mass is 9.82. The fourth-order valence-electron chi connectivity index (χ4n) is 3.00. The molecular weight excluding hydrogens is 333 g/mol. The number of carbonyl (C=O) groups excluding carboxylic acids is 1. The van der Waals surface area contributed by atoms with Crippen LogP contribution in [0.15, 0.2) is 24.3 Å². The summed E-state index contributed by atoms with van der Waals surface area (Å²) in [5.74, 6) is -1.09. The number of alkyl halides is 3. The third-order valence-corrected chi connectivity index (χ3v) is 4.58. The van der Waals surface area contributed by atoms with E-state index in [-0.39, 0.29) is 25.7 Å². The van der Waals surface area contributed by atoms with Gasteiger partial charge in [-0.1, -0.05) is 19.8 Å². The van der Waals surface area contributed by atoms with Gasteiger partial charge in [-0.25, -0.2) is 0 Å². The highest BCUT2D eigenvalue weighted by atomic mass is 19.4. The summed E-state index contributed by atoms with van der Waals surface area (Å²) in [6.07, 6.45) is -0.490. The van der Waals surface area contributed by atoms with Crippen molar-refractivity contribution in [3.63, 3.8) is 0 Å². The second-order valence-electron chi connectivity index (χ2n) is 6.54. The smallest absolute Gasteiger partial charge is 0.391 e. The maximum Gasteiger partial charge on any atom is 0.391 e. The van der Waals surface area contributed by atoms with Crippen LogP contribution in [0.25, 0.3) is 0 Å². The van der Waals surface area contributed by atoms with Gasteiger partial charge in [0.2, 0.25) is 0 Å². The summed E-state index contributed by atoms with van der Waals surface area (Å²) in [5.41, 5.74) is 0. The average Bonchev–Trinajstić information content (AvgIpc) is 2.59. The molecule has 0 aliphatic heterocycles. The Labute approximate surface area is 146 Å². The van der Waals surface area contributed by atoms with Crippen LogP contribution < -0.4 is 9.47 Å². The van der Waals surface area contributed by atoms with Gasteiger partial charge in [0.15, 0.2) is 0 Å². The number of ether oxygens (including phenoxy) is 2. The number of carbonyl (C=O) groups is 1. The summed E-state index contributed by atoms with van der Waals surface area (Å²) in [4.78, 5) is 12.1. The van der Waals surface area contributed by atoms with Crippen molar-refractivity contribution >= 4 is 5.97 Å². The lowest BCUT2D eigenvalue weighted by Crippen LogP contribution is -2.31. The first-order chi connectivity index (χ1) is 11.9. The van der Waals surface area contributed by atoms with E-state index in [1.165, 1.54) is 0 Å². The van der Waals surface area contributed by atoms with Gasteiger partial charge in [0.25, 0.3) is 0 Å². The van der Waals surface area contributed by atoms with Crippen LogP contribution in [0.3, 0.4) is 0 Å². The Kier molecular flexibility index (Phi) is 7.14. The van der Waals surface area contributed by atoms with Crippen LogP contribution in [0.5, 0.6) is 11.5 Å². The number of rotatable bonds is 7. The molecule has 1 saturated carbocycles. The molecule has 0 N–H and O–H groups in total. The molecule has 1 aliphatic carbocycles. The van der Waals surface area contributed by atoms with Gasteiger partial charge in [-0.05, 0) is 56.4 Å². The van der Waals surface area contributed by atoms with E-state index in [4.69, 9.17) is 9.47 Å². The van der Waals surface area contributed by atoms with Crippen LogP contribution in [0.2, 0.25) is 0 Å². The molecule has 1 aromatic carbocycles. The molecule has 0 saturated heterocycles. The molecule has 3 nitrogen and oxygen atoms in total. The third-order valence-electron chi connectivity index (χ3n) is 4.58. The zero-order chi connectivity index (χ0) is 18.3. The average molecular weight is 358 g/mol. The van der Waals surface area contributed by atoms with E-state index < -0.39 is 24.0 Å². The summed E-state index contributed by atoms with van der Waals surface area (Å²) >= 11 is 0. The summed E-state index contributed by atoms with van der Waals surface area (Å²) in [6.45, 7) is 2.77. The Hall–Kier alpha value is -1.72. The van der Waals surface area contributed by atoms with Crippen LogP contribution in [-0.4, -0.2) is 18.8 Å². The molecule has 0 spiro atoms. The SMILES string of the molecule is CCCCCOc1ccc(OC(=O)C2CCC(C(F)(F)F)CC2)cc1. The molecule has 0 unspecified atom stereocenters. The van der Waals surface area contributed by atoms with Crippen molar-refractivity contribution in [3.05, 3.63) is 24.3 Å². The molecule has 1 fully saturated rings. The Balaban J connectivity index is 1.77. The minimum absolute atomic E-state index is 0.00615. The third kappa shape index (κ3) is 6.25. The predicted molar refractivity (Wildman–Crippen MR) is 88.6 cm³/mol. The van der Waals surface area contributed by atoms with E-state index in [0.29, 0.717) is 18.1 Å². The number of unbranched alkanes of at least 4 members (excludes halogenated alkanes) is 2. The van der Waals surface area contributed by atoms with Crippen LogP contribution >= 0.6 is 0 Å². The van der Waals surface area contributed by atoms with Crippen LogP contribution in [0, 0.1) is 11.8 Å². The highest BCUT2D eigenvalue weighted by Gasteiger charge is 2.42. The van der Waals surface area contributed by atoms with Gasteiger partial charge < -0.3 is 9.47 Å². The fourth-order valence-corrected chi connectivity index (χ4v) is 3.00. The van der Waals surface area contributed by atoms with Gasteiger partial charge in [0, 0.05) is 0 Å². The number of hydrogen-bond donors (Lipinski definition) is 0. The molecule has 0 atom stereocenters. The van der Waals surface area contributed by atoms with Gasteiger partial charge in [-0.15, -0.1) is 0 Å². The van der Waals surface area contributed by atoms with Gasteiger partial charge in [0.05, 0.1) is 18.4 Å². The molecule has 0 bridgehead atoms. The first-order valence-corrected chi connectivity index (χ1v) is 8.91. The summed E-state index contributed by atoms with van der Waals surface area (Å²) in [7, 11) is 0. The second kappa shape index (κ2) is 9.11. The van der Waals surface area contributed by atoms with E-state index >= 15 is 0 Å². The predicted octanol–water partition coefficient (Wildman–Crippen LogP) is 5.53. The lowest BCUT2D eigenvalue weighted by Gasteiger charge is -2.28. The highest BCUT2D eigenvalue weighted by Crippen LogP contribution is 2.39. The first-order valence-electron chi connectivity index (χ1n) is 8.91. The van der Waals surface area contributed by atoms with Gasteiger partial charge >= 0.3 is 12.1 Å². The number of hydrogen-bond acceptors (Lipinski definition) is 3. The Morgan fingerprint density at radius 2 is 1.64 bits per heavy atom. The summed E-state index contributed by atoms with van der Waals surface area (Å²) < 4.78 is 48.9. The molecule has 0 heterocycles. The van der Waals surface area contributed by atoms with E-state index in [1.54, 1.807) is 24.3 Å². The maximum absolute atomic E-state index is 12.7.